The molecule has 0 radical (unpaired) electrons. The molecule has 1 atom stereocenters. The Morgan fingerprint density at radius 2 is 1.71 bits per heavy atom. The Morgan fingerprint density at radius 3 is 2.36 bits per heavy atom. The van der Waals surface area contributed by atoms with Crippen LogP contribution in [-0.2, 0) is 13.2 Å². The van der Waals surface area contributed by atoms with Gasteiger partial charge in [0.05, 0.1) is 7.11 Å². The number of hydrogen-bond donors (Lipinski definition) is 1. The van der Waals surface area contributed by atoms with Gasteiger partial charge in [-0.05, 0) is 55.1 Å². The van der Waals surface area contributed by atoms with Crippen molar-refractivity contribution in [1.82, 2.24) is 10.2 Å². The van der Waals surface area contributed by atoms with E-state index in [1.54, 1.807) is 7.11 Å². The van der Waals surface area contributed by atoms with Crippen LogP contribution in [0.15, 0.2) is 48.5 Å². The van der Waals surface area contributed by atoms with Crippen LogP contribution in [0.4, 0.5) is 0 Å². The van der Waals surface area contributed by atoms with Crippen molar-refractivity contribution in [3.8, 4) is 11.5 Å². The van der Waals surface area contributed by atoms with Crippen LogP contribution in [0.5, 0.6) is 11.5 Å². The Balaban J connectivity index is 0.00000140. The Bertz CT molecular complexity index is 722. The highest BCUT2D eigenvalue weighted by Gasteiger charge is 2.33. The second-order valence-corrected chi connectivity index (χ2v) is 7.38. The lowest BCUT2D eigenvalue weighted by molar-refractivity contribution is 0.0720. The predicted molar refractivity (Wildman–Crippen MR) is 118 cm³/mol. The van der Waals surface area contributed by atoms with Crippen molar-refractivity contribution in [2.75, 3.05) is 26.7 Å². The summed E-state index contributed by atoms with van der Waals surface area (Å²) in [5.41, 5.74) is 2.40. The second-order valence-electron chi connectivity index (χ2n) is 7.38. The minimum Gasteiger partial charge on any atom is -0.493 e. The fourth-order valence-corrected chi connectivity index (χ4v) is 4.12. The van der Waals surface area contributed by atoms with Crippen LogP contribution in [0.3, 0.4) is 0 Å². The summed E-state index contributed by atoms with van der Waals surface area (Å²) in [6.07, 6.45) is 2.68. The zero-order chi connectivity index (χ0) is 17.8. The van der Waals surface area contributed by atoms with E-state index in [1.165, 1.54) is 38.0 Å². The van der Waals surface area contributed by atoms with Crippen LogP contribution in [-0.4, -0.2) is 37.7 Å². The predicted octanol–water partition coefficient (Wildman–Crippen LogP) is 4.30. The lowest BCUT2D eigenvalue weighted by atomic mass is 9.84. The molecule has 2 aromatic carbocycles. The number of benzene rings is 2. The van der Waals surface area contributed by atoms with E-state index in [4.69, 9.17) is 9.47 Å². The molecule has 3 fully saturated rings. The smallest absolute Gasteiger partial charge is 0.161 e. The van der Waals surface area contributed by atoms with Gasteiger partial charge in [-0.3, -0.25) is 0 Å². The number of methoxy groups -OCH3 is 1. The summed E-state index contributed by atoms with van der Waals surface area (Å²) in [5.74, 6) is 2.44. The summed E-state index contributed by atoms with van der Waals surface area (Å²) in [4.78, 5) is 2.58. The molecule has 154 valence electrons. The minimum atomic E-state index is 0. The summed E-state index contributed by atoms with van der Waals surface area (Å²) < 4.78 is 11.5. The third-order valence-corrected chi connectivity index (χ3v) is 5.69. The molecule has 3 aliphatic rings. The maximum atomic E-state index is 5.95. The van der Waals surface area contributed by atoms with E-state index in [2.05, 4.69) is 34.5 Å². The lowest BCUT2D eigenvalue weighted by Gasteiger charge is -2.45. The van der Waals surface area contributed by atoms with Gasteiger partial charge in [-0.1, -0.05) is 36.4 Å². The highest BCUT2D eigenvalue weighted by Crippen LogP contribution is 2.30. The summed E-state index contributed by atoms with van der Waals surface area (Å²) in [6, 6.07) is 17.1. The molecule has 0 aromatic heterocycles. The molecule has 3 heterocycles. The van der Waals surface area contributed by atoms with Gasteiger partial charge in [-0.25, -0.2) is 0 Å². The first-order valence-electron chi connectivity index (χ1n) is 9.61. The van der Waals surface area contributed by atoms with Gasteiger partial charge in [-0.15, -0.1) is 24.8 Å². The first-order valence-corrected chi connectivity index (χ1v) is 9.61. The number of nitrogens with zero attached hydrogens (tertiary/aromatic N) is 1. The fourth-order valence-electron chi connectivity index (χ4n) is 4.12. The zero-order valence-electron chi connectivity index (χ0n) is 16.3. The summed E-state index contributed by atoms with van der Waals surface area (Å²) in [7, 11) is 1.70. The molecule has 0 spiro atoms. The molecule has 28 heavy (non-hydrogen) atoms. The van der Waals surface area contributed by atoms with Crippen molar-refractivity contribution in [1.29, 1.82) is 0 Å². The number of nitrogens with one attached hydrogen (secondary N) is 1. The molecule has 0 amide bonds. The van der Waals surface area contributed by atoms with Gasteiger partial charge in [0.15, 0.2) is 11.5 Å². The van der Waals surface area contributed by atoms with Crippen LogP contribution in [0.25, 0.3) is 0 Å². The molecular formula is C22H30Cl2N2O2. The molecule has 5 rings (SSSR count). The maximum absolute atomic E-state index is 5.95. The van der Waals surface area contributed by atoms with Crippen molar-refractivity contribution in [2.45, 2.75) is 32.0 Å². The largest absolute Gasteiger partial charge is 0.493 e. The van der Waals surface area contributed by atoms with Gasteiger partial charge in [0, 0.05) is 19.1 Å². The average molecular weight is 425 g/mol. The average Bonchev–Trinajstić information content (AvgIpc) is 2.72. The van der Waals surface area contributed by atoms with E-state index in [9.17, 15) is 0 Å². The van der Waals surface area contributed by atoms with Gasteiger partial charge < -0.3 is 19.7 Å². The highest BCUT2D eigenvalue weighted by molar-refractivity contribution is 5.85. The van der Waals surface area contributed by atoms with Crippen LogP contribution in [0.2, 0.25) is 0 Å². The summed E-state index contributed by atoms with van der Waals surface area (Å²) >= 11 is 0. The lowest BCUT2D eigenvalue weighted by Crippen LogP contribution is -2.55. The number of fused-ring (bicyclic) bond motifs is 3. The van der Waals surface area contributed by atoms with Crippen LogP contribution >= 0.6 is 24.8 Å². The maximum Gasteiger partial charge on any atom is 0.161 e. The van der Waals surface area contributed by atoms with Crippen molar-refractivity contribution >= 4 is 24.8 Å². The quantitative estimate of drug-likeness (QED) is 0.717. The van der Waals surface area contributed by atoms with Crippen LogP contribution in [0.1, 0.15) is 24.0 Å². The van der Waals surface area contributed by atoms with E-state index in [1.807, 2.05) is 24.3 Å². The minimum absolute atomic E-state index is 0. The number of ether oxygens (including phenoxy) is 2. The molecular weight excluding hydrogens is 395 g/mol. The van der Waals surface area contributed by atoms with Crippen molar-refractivity contribution < 1.29 is 9.47 Å². The van der Waals surface area contributed by atoms with E-state index < -0.39 is 0 Å². The molecule has 3 aliphatic heterocycles. The molecule has 3 saturated heterocycles. The SMILES string of the molecule is COc1cc(CNC2CN3CCC2CC3)ccc1OCc1ccccc1.Cl.Cl. The van der Waals surface area contributed by atoms with E-state index in [0.717, 1.165) is 29.5 Å². The standard InChI is InChI=1S/C22H28N2O2.2ClH/c1-25-22-13-18(14-23-20-15-24-11-9-19(20)10-12-24)7-8-21(22)26-16-17-5-3-2-4-6-17;;/h2-8,13,19-20,23H,9-12,14-16H2,1H3;2*1H. The van der Waals surface area contributed by atoms with Gasteiger partial charge in [0.25, 0.3) is 0 Å². The summed E-state index contributed by atoms with van der Waals surface area (Å²) in [5, 5.41) is 3.76. The number of halogens is 2. The Hall–Kier alpha value is -1.46. The number of piperidine rings is 3. The first-order chi connectivity index (χ1) is 12.8. The summed E-state index contributed by atoms with van der Waals surface area (Å²) in [6.45, 7) is 5.19. The van der Waals surface area contributed by atoms with Crippen molar-refractivity contribution in [3.63, 3.8) is 0 Å². The van der Waals surface area contributed by atoms with Gasteiger partial charge in [-0.2, -0.15) is 0 Å². The molecule has 0 aliphatic carbocycles. The first kappa shape index (κ1) is 22.8. The monoisotopic (exact) mass is 424 g/mol. The van der Waals surface area contributed by atoms with Crippen molar-refractivity contribution in [3.05, 3.63) is 59.7 Å². The second kappa shape index (κ2) is 10.9. The van der Waals surface area contributed by atoms with E-state index in [-0.39, 0.29) is 24.8 Å². The normalized spacial score (nSPS) is 22.7. The third kappa shape index (κ3) is 5.54. The molecule has 1 N–H and O–H groups in total. The van der Waals surface area contributed by atoms with E-state index in [0.29, 0.717) is 12.6 Å². The van der Waals surface area contributed by atoms with Gasteiger partial charge in [0.2, 0.25) is 0 Å². The Kier molecular flexibility index (Phi) is 8.90. The highest BCUT2D eigenvalue weighted by atomic mass is 35.5. The third-order valence-electron chi connectivity index (χ3n) is 5.69. The van der Waals surface area contributed by atoms with E-state index >= 15 is 0 Å². The Labute approximate surface area is 180 Å². The number of hydrogen-bond acceptors (Lipinski definition) is 4. The molecule has 1 unspecified atom stereocenters. The topological polar surface area (TPSA) is 33.7 Å². The molecule has 4 nitrogen and oxygen atoms in total. The molecule has 6 heteroatoms. The van der Waals surface area contributed by atoms with Crippen LogP contribution < -0.4 is 14.8 Å². The van der Waals surface area contributed by atoms with Gasteiger partial charge >= 0.3 is 0 Å². The number of rotatable bonds is 7. The van der Waals surface area contributed by atoms with Gasteiger partial charge in [0.1, 0.15) is 6.61 Å². The Morgan fingerprint density at radius 1 is 0.964 bits per heavy atom. The fraction of sp³-hybridized carbons (Fsp3) is 0.455. The van der Waals surface area contributed by atoms with Crippen molar-refractivity contribution in [2.24, 2.45) is 5.92 Å². The van der Waals surface area contributed by atoms with Crippen LogP contribution in [0, 0.1) is 5.92 Å². The zero-order valence-corrected chi connectivity index (χ0v) is 17.9. The molecule has 2 aromatic rings. The molecule has 2 bridgehead atoms. The molecule has 0 saturated carbocycles.